The van der Waals surface area contributed by atoms with Gasteiger partial charge in [-0.1, -0.05) is 0 Å². The molecule has 0 atom stereocenters. The van der Waals surface area contributed by atoms with Gasteiger partial charge in [0.25, 0.3) is 5.56 Å². The van der Waals surface area contributed by atoms with E-state index < -0.39 is 0 Å². The number of rotatable bonds is 3. The minimum Gasteiger partial charge on any atom is -0.359 e. The van der Waals surface area contributed by atoms with Crippen LogP contribution in [0, 0.1) is 13.8 Å². The molecule has 1 N–H and O–H groups in total. The first-order chi connectivity index (χ1) is 12.1. The third-order valence-corrected chi connectivity index (χ3v) is 6.64. The summed E-state index contributed by atoms with van der Waals surface area (Å²) >= 11 is 1.73. The summed E-state index contributed by atoms with van der Waals surface area (Å²) in [7, 11) is 0. The van der Waals surface area contributed by atoms with Gasteiger partial charge in [0.1, 0.15) is 0 Å². The van der Waals surface area contributed by atoms with Gasteiger partial charge in [-0.15, -0.1) is 11.3 Å². The van der Waals surface area contributed by atoms with Crippen LogP contribution in [0.4, 0.5) is 5.13 Å². The Morgan fingerprint density at radius 1 is 1.16 bits per heavy atom. The van der Waals surface area contributed by atoms with E-state index in [1.54, 1.807) is 16.0 Å². The smallest absolute Gasteiger partial charge is 0.267 e. The summed E-state index contributed by atoms with van der Waals surface area (Å²) in [5, 5.41) is 9.34. The predicted molar refractivity (Wildman–Crippen MR) is 102 cm³/mol. The average Bonchev–Trinajstić information content (AvgIpc) is 2.92. The highest BCUT2D eigenvalue weighted by Gasteiger charge is 2.25. The second kappa shape index (κ2) is 6.90. The molecular weight excluding hydrogens is 332 g/mol. The van der Waals surface area contributed by atoms with Gasteiger partial charge < -0.3 is 5.32 Å². The Labute approximate surface area is 152 Å². The topological polar surface area (TPSA) is 59.8 Å². The van der Waals surface area contributed by atoms with Gasteiger partial charge in [0.15, 0.2) is 5.13 Å². The molecule has 6 heteroatoms. The molecule has 0 aliphatic heterocycles. The van der Waals surface area contributed by atoms with E-state index in [0.29, 0.717) is 6.04 Å². The lowest BCUT2D eigenvalue weighted by atomic mass is 9.91. The van der Waals surface area contributed by atoms with Crippen molar-refractivity contribution >= 4 is 16.5 Å². The molecule has 0 unspecified atom stereocenters. The molecular formula is C19H26N4OS. The SMILES string of the molecule is Cc1nc(NC2CCC(n3nc4c(cc3=O)CCCC4)CC2)sc1C. The van der Waals surface area contributed by atoms with Crippen molar-refractivity contribution in [2.45, 2.75) is 77.3 Å². The lowest BCUT2D eigenvalue weighted by molar-refractivity contribution is 0.300. The molecule has 1 fully saturated rings. The largest absolute Gasteiger partial charge is 0.359 e. The first kappa shape index (κ1) is 16.8. The average molecular weight is 359 g/mol. The van der Waals surface area contributed by atoms with Crippen LogP contribution in [-0.4, -0.2) is 20.8 Å². The van der Waals surface area contributed by atoms with E-state index in [2.05, 4.69) is 24.1 Å². The van der Waals surface area contributed by atoms with Gasteiger partial charge in [-0.3, -0.25) is 4.79 Å². The molecule has 5 nitrogen and oxygen atoms in total. The summed E-state index contributed by atoms with van der Waals surface area (Å²) in [5.41, 5.74) is 3.53. The van der Waals surface area contributed by atoms with E-state index in [-0.39, 0.29) is 11.6 Å². The zero-order valence-electron chi connectivity index (χ0n) is 15.0. The first-order valence-electron chi connectivity index (χ1n) is 9.42. The van der Waals surface area contributed by atoms with Gasteiger partial charge in [-0.2, -0.15) is 5.10 Å². The third-order valence-electron chi connectivity index (χ3n) is 5.63. The van der Waals surface area contributed by atoms with E-state index in [1.165, 1.54) is 23.3 Å². The van der Waals surface area contributed by atoms with Crippen LogP contribution in [-0.2, 0) is 12.8 Å². The normalized spacial score (nSPS) is 23.3. The number of hydrogen-bond donors (Lipinski definition) is 1. The number of thiazole rings is 1. The van der Waals surface area contributed by atoms with Crippen LogP contribution >= 0.6 is 11.3 Å². The molecule has 4 rings (SSSR count). The Morgan fingerprint density at radius 3 is 2.64 bits per heavy atom. The van der Waals surface area contributed by atoms with Gasteiger partial charge in [-0.25, -0.2) is 9.67 Å². The zero-order chi connectivity index (χ0) is 17.4. The molecule has 0 saturated heterocycles. The van der Waals surface area contributed by atoms with Crippen LogP contribution < -0.4 is 10.9 Å². The maximum absolute atomic E-state index is 12.5. The number of hydrogen-bond acceptors (Lipinski definition) is 5. The Hall–Kier alpha value is -1.69. The predicted octanol–water partition coefficient (Wildman–Crippen LogP) is 3.79. The van der Waals surface area contributed by atoms with Gasteiger partial charge in [0, 0.05) is 17.0 Å². The molecule has 2 aliphatic carbocycles. The maximum Gasteiger partial charge on any atom is 0.267 e. The number of anilines is 1. The summed E-state index contributed by atoms with van der Waals surface area (Å²) in [6.07, 6.45) is 8.56. The standard InChI is InChI=1S/C19H26N4OS/c1-12-13(2)25-19(20-12)21-15-7-9-16(10-8-15)23-18(24)11-14-5-3-4-6-17(14)22-23/h11,15-16H,3-10H2,1-2H3,(H,20,21). The van der Waals surface area contributed by atoms with Crippen LogP contribution in [0.1, 0.15) is 66.4 Å². The minimum atomic E-state index is 0.0863. The van der Waals surface area contributed by atoms with Crippen molar-refractivity contribution in [2.24, 2.45) is 0 Å². The molecule has 2 aromatic rings. The van der Waals surface area contributed by atoms with Crippen molar-refractivity contribution in [1.82, 2.24) is 14.8 Å². The van der Waals surface area contributed by atoms with Crippen molar-refractivity contribution in [3.05, 3.63) is 38.2 Å². The molecule has 0 radical (unpaired) electrons. The van der Waals surface area contributed by atoms with Gasteiger partial charge in [0.2, 0.25) is 0 Å². The van der Waals surface area contributed by atoms with E-state index in [0.717, 1.165) is 55.0 Å². The van der Waals surface area contributed by atoms with Crippen LogP contribution in [0.5, 0.6) is 0 Å². The van der Waals surface area contributed by atoms with Crippen LogP contribution in [0.15, 0.2) is 10.9 Å². The second-order valence-corrected chi connectivity index (χ2v) is 8.62. The van der Waals surface area contributed by atoms with Crippen LogP contribution in [0.25, 0.3) is 0 Å². The highest BCUT2D eigenvalue weighted by molar-refractivity contribution is 7.15. The second-order valence-electron chi connectivity index (χ2n) is 7.42. The number of aryl methyl sites for hydroxylation is 4. The Balaban J connectivity index is 1.42. The number of aromatic nitrogens is 3. The molecule has 2 aromatic heterocycles. The van der Waals surface area contributed by atoms with Crippen molar-refractivity contribution in [3.8, 4) is 0 Å². The molecule has 0 spiro atoms. The molecule has 1 saturated carbocycles. The quantitative estimate of drug-likeness (QED) is 0.907. The van der Waals surface area contributed by atoms with Gasteiger partial charge >= 0.3 is 0 Å². The van der Waals surface area contributed by atoms with E-state index >= 15 is 0 Å². The lowest BCUT2D eigenvalue weighted by Crippen LogP contribution is -2.34. The molecule has 0 bridgehead atoms. The summed E-state index contributed by atoms with van der Waals surface area (Å²) in [6, 6.07) is 2.54. The van der Waals surface area contributed by atoms with Crippen molar-refractivity contribution in [1.29, 1.82) is 0 Å². The molecule has 0 amide bonds. The highest BCUT2D eigenvalue weighted by atomic mass is 32.1. The first-order valence-corrected chi connectivity index (χ1v) is 10.2. The van der Waals surface area contributed by atoms with Crippen LogP contribution in [0.2, 0.25) is 0 Å². The molecule has 25 heavy (non-hydrogen) atoms. The van der Waals surface area contributed by atoms with Gasteiger partial charge in [0.05, 0.1) is 17.4 Å². The Morgan fingerprint density at radius 2 is 1.92 bits per heavy atom. The van der Waals surface area contributed by atoms with Gasteiger partial charge in [-0.05, 0) is 70.8 Å². The van der Waals surface area contributed by atoms with Crippen molar-refractivity contribution < 1.29 is 0 Å². The fourth-order valence-electron chi connectivity index (χ4n) is 4.01. The number of nitrogens with one attached hydrogen (secondary N) is 1. The van der Waals surface area contributed by atoms with Crippen LogP contribution in [0.3, 0.4) is 0 Å². The molecule has 0 aromatic carbocycles. The third kappa shape index (κ3) is 3.50. The summed E-state index contributed by atoms with van der Waals surface area (Å²) in [6.45, 7) is 4.17. The number of fused-ring (bicyclic) bond motifs is 1. The van der Waals surface area contributed by atoms with E-state index in [9.17, 15) is 4.79 Å². The Bertz CT molecular complexity index is 798. The van der Waals surface area contributed by atoms with Crippen molar-refractivity contribution in [2.75, 3.05) is 5.32 Å². The lowest BCUT2D eigenvalue weighted by Gasteiger charge is -2.30. The fourth-order valence-corrected chi connectivity index (χ4v) is 4.90. The Kier molecular flexibility index (Phi) is 4.63. The maximum atomic E-state index is 12.5. The van der Waals surface area contributed by atoms with E-state index in [1.807, 2.05) is 6.07 Å². The number of nitrogens with zero attached hydrogens (tertiary/aromatic N) is 3. The van der Waals surface area contributed by atoms with Crippen molar-refractivity contribution in [3.63, 3.8) is 0 Å². The summed E-state index contributed by atoms with van der Waals surface area (Å²) < 4.78 is 1.78. The molecule has 134 valence electrons. The molecule has 2 heterocycles. The van der Waals surface area contributed by atoms with E-state index in [4.69, 9.17) is 5.10 Å². The fraction of sp³-hybridized carbons (Fsp3) is 0.632. The zero-order valence-corrected chi connectivity index (χ0v) is 15.9. The highest BCUT2D eigenvalue weighted by Crippen LogP contribution is 2.31. The summed E-state index contributed by atoms with van der Waals surface area (Å²) in [5.74, 6) is 0. The molecule has 2 aliphatic rings. The monoisotopic (exact) mass is 358 g/mol. The minimum absolute atomic E-state index is 0.0863. The summed E-state index contributed by atoms with van der Waals surface area (Å²) in [4.78, 5) is 18.3.